The van der Waals surface area contributed by atoms with Gasteiger partial charge in [0.2, 0.25) is 0 Å². The number of benzene rings is 1. The molecule has 2 aromatic heterocycles. The molecule has 1 amide bonds. The van der Waals surface area contributed by atoms with Crippen molar-refractivity contribution in [2.75, 3.05) is 0 Å². The molecule has 3 heterocycles. The average Bonchev–Trinajstić information content (AvgIpc) is 3.41. The van der Waals surface area contributed by atoms with Crippen LogP contribution < -0.4 is 0 Å². The number of amides is 1. The van der Waals surface area contributed by atoms with E-state index >= 15 is 0 Å². The van der Waals surface area contributed by atoms with E-state index in [1.165, 1.54) is 18.2 Å². The summed E-state index contributed by atoms with van der Waals surface area (Å²) in [6, 6.07) is 0.351. The van der Waals surface area contributed by atoms with Crippen LogP contribution >= 0.6 is 0 Å². The molecule has 1 saturated carbocycles. The van der Waals surface area contributed by atoms with E-state index in [1.54, 1.807) is 20.0 Å². The second-order valence-corrected chi connectivity index (χ2v) is 11.1. The van der Waals surface area contributed by atoms with Gasteiger partial charge in [0.05, 0.1) is 58.2 Å². The third kappa shape index (κ3) is 6.10. The van der Waals surface area contributed by atoms with Crippen molar-refractivity contribution in [2.24, 2.45) is 5.92 Å². The van der Waals surface area contributed by atoms with E-state index in [-0.39, 0.29) is 12.6 Å². The number of alkyl halides is 6. The van der Waals surface area contributed by atoms with E-state index in [0.717, 1.165) is 25.7 Å². The van der Waals surface area contributed by atoms with Crippen molar-refractivity contribution >= 4 is 6.09 Å². The lowest BCUT2D eigenvalue weighted by atomic mass is 9.85. The summed E-state index contributed by atoms with van der Waals surface area (Å²) in [5.74, 6) is 0.921. The number of rotatable bonds is 6. The Morgan fingerprint density at radius 1 is 0.952 bits per heavy atom. The highest BCUT2D eigenvalue weighted by atomic mass is 19.4. The van der Waals surface area contributed by atoms with Gasteiger partial charge in [0, 0.05) is 0 Å². The fourth-order valence-corrected chi connectivity index (χ4v) is 5.85. The minimum Gasteiger partial charge on any atom is -0.439 e. The summed E-state index contributed by atoms with van der Waals surface area (Å²) in [5, 5.41) is 3.97. The number of halogens is 6. The predicted octanol–water partition coefficient (Wildman–Crippen LogP) is 7.99. The van der Waals surface area contributed by atoms with Gasteiger partial charge in [0.15, 0.2) is 0 Å². The molecule has 1 saturated heterocycles. The summed E-state index contributed by atoms with van der Waals surface area (Å²) in [4.78, 5) is 23.8. The van der Waals surface area contributed by atoms with Gasteiger partial charge in [-0.3, -0.25) is 9.88 Å². The third-order valence-corrected chi connectivity index (χ3v) is 8.08. The van der Waals surface area contributed by atoms with Crippen molar-refractivity contribution in [3.05, 3.63) is 63.9 Å². The molecule has 1 aliphatic heterocycles. The molecule has 13 heteroatoms. The summed E-state index contributed by atoms with van der Waals surface area (Å²) in [6.45, 7) is 4.93. The molecule has 1 aliphatic carbocycles. The zero-order chi connectivity index (χ0) is 30.4. The normalized spacial score (nSPS) is 20.3. The Labute approximate surface area is 238 Å². The van der Waals surface area contributed by atoms with Crippen LogP contribution in [0.4, 0.5) is 31.1 Å². The molecule has 0 unspecified atom stereocenters. The van der Waals surface area contributed by atoms with Crippen molar-refractivity contribution < 1.29 is 40.4 Å². The summed E-state index contributed by atoms with van der Waals surface area (Å²) in [6.07, 6.45) is -4.55. The van der Waals surface area contributed by atoms with Crippen LogP contribution in [0.15, 0.2) is 28.9 Å². The van der Waals surface area contributed by atoms with Gasteiger partial charge in [-0.15, -0.1) is 0 Å². The quantitative estimate of drug-likeness (QED) is 0.268. The van der Waals surface area contributed by atoms with Crippen LogP contribution in [-0.4, -0.2) is 32.2 Å². The number of cyclic esters (lactones) is 1. The van der Waals surface area contributed by atoms with Crippen molar-refractivity contribution in [1.82, 2.24) is 20.0 Å². The zero-order valence-corrected chi connectivity index (χ0v) is 23.3. The van der Waals surface area contributed by atoms with E-state index in [2.05, 4.69) is 5.16 Å². The number of hydrogen-bond donors (Lipinski definition) is 0. The summed E-state index contributed by atoms with van der Waals surface area (Å²) in [5.41, 5.74) is -0.430. The topological polar surface area (TPSA) is 81.4 Å². The molecule has 2 atom stereocenters. The van der Waals surface area contributed by atoms with Crippen molar-refractivity contribution in [2.45, 2.75) is 90.3 Å². The van der Waals surface area contributed by atoms with Gasteiger partial charge in [0.1, 0.15) is 11.9 Å². The fourth-order valence-electron chi connectivity index (χ4n) is 5.85. The first-order chi connectivity index (χ1) is 19.7. The van der Waals surface area contributed by atoms with Gasteiger partial charge in [-0.1, -0.05) is 37.3 Å². The Morgan fingerprint density at radius 2 is 1.60 bits per heavy atom. The largest absolute Gasteiger partial charge is 0.439 e. The highest BCUT2D eigenvalue weighted by Gasteiger charge is 2.43. The Kier molecular flexibility index (Phi) is 7.97. The molecule has 1 aromatic carbocycles. The number of nitrogens with zero attached hydrogens (tertiary/aromatic N) is 4. The number of ether oxygens (including phenoxy) is 1. The molecule has 0 radical (unpaired) electrons. The molecule has 2 fully saturated rings. The summed E-state index contributed by atoms with van der Waals surface area (Å²) >= 11 is 0. The van der Waals surface area contributed by atoms with Crippen LogP contribution in [0.5, 0.6) is 0 Å². The molecule has 0 spiro atoms. The van der Waals surface area contributed by atoms with Gasteiger partial charge < -0.3 is 9.26 Å². The Balaban J connectivity index is 1.49. The van der Waals surface area contributed by atoms with Crippen LogP contribution in [0.2, 0.25) is 0 Å². The van der Waals surface area contributed by atoms with E-state index in [0.29, 0.717) is 58.6 Å². The maximum absolute atomic E-state index is 13.5. The molecule has 2 aliphatic rings. The van der Waals surface area contributed by atoms with E-state index in [1.807, 2.05) is 0 Å². The standard InChI is InChI=1S/C29H30F6N4O3/c1-15-25(17(3)42-38-15)23-13-36-22(9-18-7-5-4-6-8-18)24(37-23)14-39-16(2)26(41-27(39)40)19-10-20(28(30,31)32)12-21(11-19)29(33,34)35/h10-13,16,18,26H,4-9,14H2,1-3H3/t16-,26-/m0/s1. The predicted molar refractivity (Wildman–Crippen MR) is 138 cm³/mol. The molecule has 226 valence electrons. The average molecular weight is 597 g/mol. The maximum atomic E-state index is 13.5. The van der Waals surface area contributed by atoms with Crippen molar-refractivity contribution in [3.63, 3.8) is 0 Å². The van der Waals surface area contributed by atoms with Crippen LogP contribution in [0.3, 0.4) is 0 Å². The first-order valence-electron chi connectivity index (χ1n) is 13.8. The van der Waals surface area contributed by atoms with E-state index in [4.69, 9.17) is 19.2 Å². The first-order valence-corrected chi connectivity index (χ1v) is 13.8. The second kappa shape index (κ2) is 11.2. The minimum absolute atomic E-state index is 0.0516. The van der Waals surface area contributed by atoms with Crippen LogP contribution in [0.25, 0.3) is 11.3 Å². The number of aryl methyl sites for hydroxylation is 2. The Morgan fingerprint density at radius 3 is 2.17 bits per heavy atom. The first kappa shape index (κ1) is 29.8. The zero-order valence-electron chi connectivity index (χ0n) is 23.3. The van der Waals surface area contributed by atoms with Gasteiger partial charge in [-0.05, 0) is 56.9 Å². The smallest absolute Gasteiger partial charge is 0.416 e. The molecule has 7 nitrogen and oxygen atoms in total. The molecular formula is C29H30F6N4O3. The lowest BCUT2D eigenvalue weighted by Gasteiger charge is -2.25. The number of carbonyl (C=O) groups excluding carboxylic acids is 1. The number of hydrogen-bond acceptors (Lipinski definition) is 6. The SMILES string of the molecule is Cc1noc(C)c1-c1cnc(CC2CCCCC2)c(CN2C(=O)O[C@H](c3cc(C(F)(F)F)cc(C(F)(F)F)c3)[C@@H]2C)n1. The molecule has 3 aromatic rings. The monoisotopic (exact) mass is 596 g/mol. The molecule has 0 N–H and O–H groups in total. The summed E-state index contributed by atoms with van der Waals surface area (Å²) in [7, 11) is 0. The highest BCUT2D eigenvalue weighted by molar-refractivity contribution is 5.71. The summed E-state index contributed by atoms with van der Waals surface area (Å²) < 4.78 is 91.6. The van der Waals surface area contributed by atoms with Crippen LogP contribution in [0.1, 0.15) is 84.7 Å². The lowest BCUT2D eigenvalue weighted by Crippen LogP contribution is -2.32. The highest BCUT2D eigenvalue weighted by Crippen LogP contribution is 2.41. The van der Waals surface area contributed by atoms with Crippen molar-refractivity contribution in [1.29, 1.82) is 0 Å². The Bertz CT molecular complexity index is 1410. The van der Waals surface area contributed by atoms with Gasteiger partial charge in [0.25, 0.3) is 0 Å². The lowest BCUT2D eigenvalue weighted by molar-refractivity contribution is -0.143. The van der Waals surface area contributed by atoms with Crippen LogP contribution in [0, 0.1) is 19.8 Å². The molecule has 42 heavy (non-hydrogen) atoms. The van der Waals surface area contributed by atoms with Gasteiger partial charge in [-0.2, -0.15) is 26.3 Å². The second-order valence-electron chi connectivity index (χ2n) is 11.1. The van der Waals surface area contributed by atoms with E-state index < -0.39 is 47.3 Å². The van der Waals surface area contributed by atoms with E-state index in [9.17, 15) is 31.1 Å². The fraction of sp³-hybridized carbons (Fsp3) is 0.517. The van der Waals surface area contributed by atoms with Crippen LogP contribution in [-0.2, 0) is 30.1 Å². The molecule has 5 rings (SSSR count). The maximum Gasteiger partial charge on any atom is 0.416 e. The van der Waals surface area contributed by atoms with Crippen molar-refractivity contribution in [3.8, 4) is 11.3 Å². The molecule has 0 bridgehead atoms. The number of carbonyl (C=O) groups is 1. The minimum atomic E-state index is -5.02. The Hall–Kier alpha value is -3.64. The molecular weight excluding hydrogens is 566 g/mol. The number of aromatic nitrogens is 3. The third-order valence-electron chi connectivity index (χ3n) is 8.08. The van der Waals surface area contributed by atoms with Gasteiger partial charge >= 0.3 is 18.4 Å². The van der Waals surface area contributed by atoms with Gasteiger partial charge in [-0.25, -0.2) is 9.78 Å².